The van der Waals surface area contributed by atoms with Crippen molar-refractivity contribution >= 4 is 17.2 Å². The highest BCUT2D eigenvalue weighted by Crippen LogP contribution is 2.44. The summed E-state index contributed by atoms with van der Waals surface area (Å²) in [6.07, 6.45) is 1.10. The molecule has 0 radical (unpaired) electrons. The van der Waals surface area contributed by atoms with Crippen LogP contribution in [-0.2, 0) is 0 Å². The van der Waals surface area contributed by atoms with Gasteiger partial charge in [0.1, 0.15) is 0 Å². The third kappa shape index (κ3) is 1.75. The highest BCUT2D eigenvalue weighted by molar-refractivity contribution is 7.12. The minimum atomic E-state index is 0.0746. The molecule has 1 fully saturated rings. The van der Waals surface area contributed by atoms with Crippen LogP contribution in [0.4, 0.5) is 0 Å². The van der Waals surface area contributed by atoms with E-state index in [-0.39, 0.29) is 5.91 Å². The molecule has 1 atom stereocenters. The average molecular weight is 195 g/mol. The van der Waals surface area contributed by atoms with Gasteiger partial charge in [0.25, 0.3) is 5.91 Å². The summed E-state index contributed by atoms with van der Waals surface area (Å²) in [6, 6.07) is 4.13. The van der Waals surface area contributed by atoms with Crippen LogP contribution in [-0.4, -0.2) is 11.9 Å². The molecule has 1 saturated carbocycles. The highest BCUT2D eigenvalue weighted by atomic mass is 32.1. The van der Waals surface area contributed by atoms with E-state index in [0.29, 0.717) is 11.5 Å². The average Bonchev–Trinajstić information content (AvgIpc) is 2.58. The van der Waals surface area contributed by atoms with Gasteiger partial charge in [-0.1, -0.05) is 19.9 Å². The molecule has 3 heteroatoms. The van der Waals surface area contributed by atoms with Crippen LogP contribution in [0.1, 0.15) is 29.9 Å². The lowest BCUT2D eigenvalue weighted by molar-refractivity contribution is 0.0950. The fourth-order valence-corrected chi connectivity index (χ4v) is 1.98. The van der Waals surface area contributed by atoms with Crippen molar-refractivity contribution in [2.75, 3.05) is 0 Å². The fourth-order valence-electron chi connectivity index (χ4n) is 1.35. The molecule has 2 rings (SSSR count). The van der Waals surface area contributed by atoms with Crippen molar-refractivity contribution in [2.24, 2.45) is 5.41 Å². The number of hydrogen-bond acceptors (Lipinski definition) is 2. The van der Waals surface area contributed by atoms with E-state index in [9.17, 15) is 4.79 Å². The monoisotopic (exact) mass is 195 g/mol. The number of amides is 1. The van der Waals surface area contributed by atoms with Crippen LogP contribution < -0.4 is 5.32 Å². The first kappa shape index (κ1) is 8.75. The standard InChI is InChI=1S/C10H13NOS/c1-10(2)6-8(10)11-9(12)7-4-3-5-13-7/h3-5,8H,6H2,1-2H3,(H,11,12). The van der Waals surface area contributed by atoms with Gasteiger partial charge in [0.2, 0.25) is 0 Å². The second kappa shape index (κ2) is 2.84. The summed E-state index contributed by atoms with van der Waals surface area (Å²) >= 11 is 1.49. The topological polar surface area (TPSA) is 29.1 Å². The number of rotatable bonds is 2. The van der Waals surface area contributed by atoms with E-state index in [0.717, 1.165) is 11.3 Å². The van der Waals surface area contributed by atoms with E-state index < -0.39 is 0 Å². The largest absolute Gasteiger partial charge is 0.348 e. The van der Waals surface area contributed by atoms with Gasteiger partial charge in [-0.15, -0.1) is 11.3 Å². The number of nitrogens with one attached hydrogen (secondary N) is 1. The van der Waals surface area contributed by atoms with Crippen molar-refractivity contribution in [3.63, 3.8) is 0 Å². The van der Waals surface area contributed by atoms with E-state index in [4.69, 9.17) is 0 Å². The third-order valence-electron chi connectivity index (χ3n) is 2.56. The van der Waals surface area contributed by atoms with Crippen molar-refractivity contribution < 1.29 is 4.79 Å². The van der Waals surface area contributed by atoms with Gasteiger partial charge in [0, 0.05) is 6.04 Å². The molecule has 1 unspecified atom stereocenters. The van der Waals surface area contributed by atoms with Crippen LogP contribution in [0.25, 0.3) is 0 Å². The van der Waals surface area contributed by atoms with E-state index in [1.54, 1.807) is 0 Å². The predicted molar refractivity (Wildman–Crippen MR) is 54.0 cm³/mol. The lowest BCUT2D eigenvalue weighted by Crippen LogP contribution is -2.27. The van der Waals surface area contributed by atoms with Crippen molar-refractivity contribution in [3.8, 4) is 0 Å². The van der Waals surface area contributed by atoms with Crippen LogP contribution in [0.15, 0.2) is 17.5 Å². The molecule has 1 aromatic heterocycles. The maximum Gasteiger partial charge on any atom is 0.261 e. The summed E-state index contributed by atoms with van der Waals surface area (Å²) < 4.78 is 0. The van der Waals surface area contributed by atoms with Crippen molar-refractivity contribution in [1.29, 1.82) is 0 Å². The smallest absolute Gasteiger partial charge is 0.261 e. The van der Waals surface area contributed by atoms with Gasteiger partial charge in [-0.05, 0) is 23.3 Å². The van der Waals surface area contributed by atoms with Gasteiger partial charge in [0.05, 0.1) is 4.88 Å². The van der Waals surface area contributed by atoms with Gasteiger partial charge in [0.15, 0.2) is 0 Å². The summed E-state index contributed by atoms with van der Waals surface area (Å²) in [6.45, 7) is 4.35. The van der Waals surface area contributed by atoms with Crippen LogP contribution in [0, 0.1) is 5.41 Å². The highest BCUT2D eigenvalue weighted by Gasteiger charge is 2.46. The lowest BCUT2D eigenvalue weighted by Gasteiger charge is -2.04. The van der Waals surface area contributed by atoms with E-state index in [1.165, 1.54) is 11.3 Å². The van der Waals surface area contributed by atoms with Gasteiger partial charge in [-0.2, -0.15) is 0 Å². The minimum Gasteiger partial charge on any atom is -0.348 e. The van der Waals surface area contributed by atoms with Crippen LogP contribution in [0.3, 0.4) is 0 Å². The van der Waals surface area contributed by atoms with Crippen molar-refractivity contribution in [3.05, 3.63) is 22.4 Å². The zero-order valence-electron chi connectivity index (χ0n) is 7.83. The number of carbonyl (C=O) groups excluding carboxylic acids is 1. The Morgan fingerprint density at radius 2 is 2.38 bits per heavy atom. The molecule has 1 aliphatic carbocycles. The van der Waals surface area contributed by atoms with Crippen molar-refractivity contribution in [1.82, 2.24) is 5.32 Å². The molecule has 0 bridgehead atoms. The molecular formula is C10H13NOS. The molecule has 1 amide bonds. The number of hydrogen-bond donors (Lipinski definition) is 1. The maximum atomic E-state index is 11.5. The van der Waals surface area contributed by atoms with Crippen LogP contribution in [0.5, 0.6) is 0 Å². The summed E-state index contributed by atoms with van der Waals surface area (Å²) in [5.74, 6) is 0.0746. The van der Waals surface area contributed by atoms with Gasteiger partial charge in [-0.3, -0.25) is 4.79 Å². The van der Waals surface area contributed by atoms with Gasteiger partial charge < -0.3 is 5.32 Å². The van der Waals surface area contributed by atoms with Crippen LogP contribution >= 0.6 is 11.3 Å². The summed E-state index contributed by atoms with van der Waals surface area (Å²) in [5, 5.41) is 4.94. The Morgan fingerprint density at radius 1 is 1.69 bits per heavy atom. The first-order chi connectivity index (χ1) is 6.09. The molecule has 0 aromatic carbocycles. The molecule has 0 spiro atoms. The molecule has 13 heavy (non-hydrogen) atoms. The molecule has 1 aromatic rings. The Labute approximate surface area is 82.0 Å². The SMILES string of the molecule is CC1(C)CC1NC(=O)c1cccs1. The summed E-state index contributed by atoms with van der Waals surface area (Å²) in [7, 11) is 0. The quantitative estimate of drug-likeness (QED) is 0.770. The van der Waals surface area contributed by atoms with Gasteiger partial charge in [-0.25, -0.2) is 0 Å². The summed E-state index contributed by atoms with van der Waals surface area (Å²) in [4.78, 5) is 12.4. The summed E-state index contributed by atoms with van der Waals surface area (Å²) in [5.41, 5.74) is 0.312. The zero-order valence-corrected chi connectivity index (χ0v) is 8.65. The molecular weight excluding hydrogens is 182 g/mol. The second-order valence-electron chi connectivity index (χ2n) is 4.20. The molecule has 1 N–H and O–H groups in total. The Morgan fingerprint density at radius 3 is 2.85 bits per heavy atom. The molecule has 1 aliphatic rings. The number of thiophene rings is 1. The third-order valence-corrected chi connectivity index (χ3v) is 3.43. The first-order valence-corrected chi connectivity index (χ1v) is 5.32. The van der Waals surface area contributed by atoms with E-state index in [1.807, 2.05) is 17.5 Å². The second-order valence-corrected chi connectivity index (χ2v) is 5.14. The number of carbonyl (C=O) groups is 1. The normalized spacial score (nSPS) is 24.0. The molecule has 70 valence electrons. The Kier molecular flexibility index (Phi) is 1.91. The van der Waals surface area contributed by atoms with E-state index in [2.05, 4.69) is 19.2 Å². The maximum absolute atomic E-state index is 11.5. The first-order valence-electron chi connectivity index (χ1n) is 4.44. The Balaban J connectivity index is 1.94. The molecule has 1 heterocycles. The Hall–Kier alpha value is -0.830. The molecule has 2 nitrogen and oxygen atoms in total. The minimum absolute atomic E-state index is 0.0746. The molecule has 0 saturated heterocycles. The van der Waals surface area contributed by atoms with E-state index >= 15 is 0 Å². The lowest BCUT2D eigenvalue weighted by atomic mass is 10.2. The zero-order chi connectivity index (χ0) is 9.47. The van der Waals surface area contributed by atoms with Crippen molar-refractivity contribution in [2.45, 2.75) is 26.3 Å². The van der Waals surface area contributed by atoms with Crippen LogP contribution in [0.2, 0.25) is 0 Å². The van der Waals surface area contributed by atoms with Gasteiger partial charge >= 0.3 is 0 Å². The Bertz CT molecular complexity index is 316. The predicted octanol–water partition coefficient (Wildman–Crippen LogP) is 2.28. The molecule has 0 aliphatic heterocycles. The fraction of sp³-hybridized carbons (Fsp3) is 0.500.